The molecule has 0 saturated heterocycles. The van der Waals surface area contributed by atoms with Gasteiger partial charge in [0.1, 0.15) is 5.60 Å². The van der Waals surface area contributed by atoms with Crippen molar-refractivity contribution in [3.8, 4) is 0 Å². The minimum absolute atomic E-state index is 0.0475. The lowest BCUT2D eigenvalue weighted by atomic mass is 9.95. The van der Waals surface area contributed by atoms with Gasteiger partial charge in [0.05, 0.1) is 5.38 Å². The first-order valence-electron chi connectivity index (χ1n) is 5.52. The Morgan fingerprint density at radius 1 is 1.33 bits per heavy atom. The standard InChI is InChI=1S/C11H20ClNO2/c1-11(2,3)15-10(14)13-9-7-5-4-6-8(9)12/h8-9H,4-7H2,1-3H3,(H,13,14). The molecule has 1 amide bonds. The summed E-state index contributed by atoms with van der Waals surface area (Å²) in [6.07, 6.45) is 3.85. The number of alkyl halides is 1. The van der Waals surface area contributed by atoms with Crippen molar-refractivity contribution < 1.29 is 9.53 Å². The van der Waals surface area contributed by atoms with E-state index in [-0.39, 0.29) is 17.5 Å². The Hall–Kier alpha value is -0.440. The first-order chi connectivity index (χ1) is 6.88. The number of hydrogen-bond acceptors (Lipinski definition) is 2. The Labute approximate surface area is 96.5 Å². The molecular formula is C11H20ClNO2. The molecule has 0 heterocycles. The second kappa shape index (κ2) is 5.06. The molecule has 0 aromatic heterocycles. The van der Waals surface area contributed by atoms with Gasteiger partial charge in [-0.15, -0.1) is 11.6 Å². The lowest BCUT2D eigenvalue weighted by molar-refractivity contribution is 0.0494. The van der Waals surface area contributed by atoms with Crippen LogP contribution >= 0.6 is 11.6 Å². The minimum Gasteiger partial charge on any atom is -0.444 e. The molecule has 1 aliphatic rings. The van der Waals surface area contributed by atoms with E-state index in [0.717, 1.165) is 25.7 Å². The molecule has 4 heteroatoms. The molecule has 1 fully saturated rings. The zero-order valence-corrected chi connectivity index (χ0v) is 10.4. The van der Waals surface area contributed by atoms with E-state index >= 15 is 0 Å². The zero-order valence-electron chi connectivity index (χ0n) is 9.68. The Balaban J connectivity index is 2.36. The first kappa shape index (κ1) is 12.6. The maximum Gasteiger partial charge on any atom is 0.407 e. The van der Waals surface area contributed by atoms with Crippen molar-refractivity contribution in [3.05, 3.63) is 0 Å². The highest BCUT2D eigenvalue weighted by molar-refractivity contribution is 6.21. The second-order valence-electron chi connectivity index (χ2n) is 5.05. The highest BCUT2D eigenvalue weighted by atomic mass is 35.5. The zero-order chi connectivity index (χ0) is 11.5. The number of carbonyl (C=O) groups excluding carboxylic acids is 1. The quantitative estimate of drug-likeness (QED) is 0.707. The molecule has 0 aromatic carbocycles. The maximum absolute atomic E-state index is 11.5. The van der Waals surface area contributed by atoms with Gasteiger partial charge in [-0.05, 0) is 33.6 Å². The number of ether oxygens (including phenoxy) is 1. The summed E-state index contributed by atoms with van der Waals surface area (Å²) in [6.45, 7) is 5.56. The van der Waals surface area contributed by atoms with Crippen LogP contribution in [0.15, 0.2) is 0 Å². The number of rotatable bonds is 1. The van der Waals surface area contributed by atoms with Crippen molar-refractivity contribution in [1.29, 1.82) is 0 Å². The maximum atomic E-state index is 11.5. The number of carbonyl (C=O) groups is 1. The molecule has 1 rings (SSSR count). The van der Waals surface area contributed by atoms with Crippen LogP contribution in [-0.4, -0.2) is 23.1 Å². The summed E-state index contributed by atoms with van der Waals surface area (Å²) >= 11 is 6.13. The van der Waals surface area contributed by atoms with Gasteiger partial charge in [0.15, 0.2) is 0 Å². The van der Waals surface area contributed by atoms with Crippen LogP contribution in [0.5, 0.6) is 0 Å². The molecule has 88 valence electrons. The van der Waals surface area contributed by atoms with Gasteiger partial charge in [0.25, 0.3) is 0 Å². The lowest BCUT2D eigenvalue weighted by Crippen LogP contribution is -2.45. The summed E-state index contributed by atoms with van der Waals surface area (Å²) in [4.78, 5) is 11.5. The summed E-state index contributed by atoms with van der Waals surface area (Å²) in [7, 11) is 0. The van der Waals surface area contributed by atoms with Crippen molar-refractivity contribution in [1.82, 2.24) is 5.32 Å². The van der Waals surface area contributed by atoms with Gasteiger partial charge >= 0.3 is 6.09 Å². The van der Waals surface area contributed by atoms with E-state index in [1.54, 1.807) is 0 Å². The molecule has 15 heavy (non-hydrogen) atoms. The van der Waals surface area contributed by atoms with Gasteiger partial charge < -0.3 is 10.1 Å². The van der Waals surface area contributed by atoms with Crippen LogP contribution in [-0.2, 0) is 4.74 Å². The molecule has 0 spiro atoms. The molecule has 1 aliphatic carbocycles. The lowest BCUT2D eigenvalue weighted by Gasteiger charge is -2.29. The number of halogens is 1. The van der Waals surface area contributed by atoms with Crippen LogP contribution in [0.1, 0.15) is 46.5 Å². The summed E-state index contributed by atoms with van der Waals surface area (Å²) in [5, 5.41) is 2.88. The summed E-state index contributed by atoms with van der Waals surface area (Å²) in [5.41, 5.74) is -0.444. The van der Waals surface area contributed by atoms with E-state index in [2.05, 4.69) is 5.32 Å². The van der Waals surface area contributed by atoms with Crippen LogP contribution in [0, 0.1) is 0 Å². The molecular weight excluding hydrogens is 214 g/mol. The normalized spacial score (nSPS) is 27.2. The predicted molar refractivity (Wildman–Crippen MR) is 61.3 cm³/mol. The van der Waals surface area contributed by atoms with Gasteiger partial charge in [-0.2, -0.15) is 0 Å². The average Bonchev–Trinajstić information content (AvgIpc) is 2.05. The monoisotopic (exact) mass is 233 g/mol. The minimum atomic E-state index is -0.444. The third-order valence-electron chi connectivity index (χ3n) is 2.38. The Morgan fingerprint density at radius 2 is 1.93 bits per heavy atom. The predicted octanol–water partition coefficient (Wildman–Crippen LogP) is 3.06. The molecule has 0 aliphatic heterocycles. The van der Waals surface area contributed by atoms with Crippen LogP contribution < -0.4 is 5.32 Å². The number of amides is 1. The smallest absolute Gasteiger partial charge is 0.407 e. The van der Waals surface area contributed by atoms with E-state index in [0.29, 0.717) is 0 Å². The molecule has 1 saturated carbocycles. The van der Waals surface area contributed by atoms with Crippen molar-refractivity contribution in [2.24, 2.45) is 0 Å². The van der Waals surface area contributed by atoms with Gasteiger partial charge in [-0.3, -0.25) is 0 Å². The van der Waals surface area contributed by atoms with Crippen molar-refractivity contribution in [2.45, 2.75) is 63.5 Å². The fourth-order valence-corrected chi connectivity index (χ4v) is 2.05. The van der Waals surface area contributed by atoms with Crippen LogP contribution in [0.25, 0.3) is 0 Å². The number of alkyl carbamates (subject to hydrolysis) is 1. The Kier molecular flexibility index (Phi) is 4.26. The largest absolute Gasteiger partial charge is 0.444 e. The second-order valence-corrected chi connectivity index (χ2v) is 5.61. The molecule has 0 radical (unpaired) electrons. The van der Waals surface area contributed by atoms with E-state index < -0.39 is 5.60 Å². The highest BCUT2D eigenvalue weighted by Gasteiger charge is 2.26. The van der Waals surface area contributed by atoms with Gasteiger partial charge in [-0.25, -0.2) is 4.79 Å². The van der Waals surface area contributed by atoms with E-state index in [1.165, 1.54) is 0 Å². The van der Waals surface area contributed by atoms with E-state index in [1.807, 2.05) is 20.8 Å². The summed E-state index contributed by atoms with van der Waals surface area (Å²) in [6, 6.07) is 0.0651. The van der Waals surface area contributed by atoms with Gasteiger partial charge in [0.2, 0.25) is 0 Å². The molecule has 3 nitrogen and oxygen atoms in total. The van der Waals surface area contributed by atoms with Crippen molar-refractivity contribution >= 4 is 17.7 Å². The molecule has 2 unspecified atom stereocenters. The molecule has 1 N–H and O–H groups in total. The highest BCUT2D eigenvalue weighted by Crippen LogP contribution is 2.23. The van der Waals surface area contributed by atoms with E-state index in [9.17, 15) is 4.79 Å². The average molecular weight is 234 g/mol. The number of nitrogens with one attached hydrogen (secondary N) is 1. The van der Waals surface area contributed by atoms with Crippen molar-refractivity contribution in [2.75, 3.05) is 0 Å². The Morgan fingerprint density at radius 3 is 2.47 bits per heavy atom. The molecule has 0 bridgehead atoms. The van der Waals surface area contributed by atoms with Crippen LogP contribution in [0.3, 0.4) is 0 Å². The number of hydrogen-bond donors (Lipinski definition) is 1. The Bertz CT molecular complexity index is 225. The third-order valence-corrected chi connectivity index (χ3v) is 2.91. The van der Waals surface area contributed by atoms with Crippen LogP contribution in [0.2, 0.25) is 0 Å². The van der Waals surface area contributed by atoms with Crippen molar-refractivity contribution in [3.63, 3.8) is 0 Å². The fourth-order valence-electron chi connectivity index (χ4n) is 1.71. The van der Waals surface area contributed by atoms with Crippen LogP contribution in [0.4, 0.5) is 4.79 Å². The summed E-state index contributed by atoms with van der Waals surface area (Å²) in [5.74, 6) is 0. The molecule has 2 atom stereocenters. The molecule has 0 aromatic rings. The van der Waals surface area contributed by atoms with Gasteiger partial charge in [0, 0.05) is 6.04 Å². The topological polar surface area (TPSA) is 38.3 Å². The van der Waals surface area contributed by atoms with E-state index in [4.69, 9.17) is 16.3 Å². The SMILES string of the molecule is CC(C)(C)OC(=O)NC1CCCCC1Cl. The first-order valence-corrected chi connectivity index (χ1v) is 5.96. The third kappa shape index (κ3) is 4.74. The van der Waals surface area contributed by atoms with Gasteiger partial charge in [-0.1, -0.05) is 12.8 Å². The summed E-state index contributed by atoms with van der Waals surface area (Å²) < 4.78 is 5.18. The fraction of sp³-hybridized carbons (Fsp3) is 0.909.